The van der Waals surface area contributed by atoms with Gasteiger partial charge in [0.05, 0.1) is 17.0 Å². The smallest absolute Gasteiger partial charge is 0.300 e. The van der Waals surface area contributed by atoms with Crippen molar-refractivity contribution in [3.8, 4) is 6.07 Å². The molecule has 0 heterocycles. The summed E-state index contributed by atoms with van der Waals surface area (Å²) in [6.07, 6.45) is 2.24. The van der Waals surface area contributed by atoms with E-state index in [0.717, 1.165) is 64.1 Å². The lowest BCUT2D eigenvalue weighted by molar-refractivity contribution is -0.139. The molecule has 0 amide bonds. The standard InChI is InChI=1S/C29H37F3N2/c1-3-20-34(21-18-23-11-6-5-7-12-23)25(4-2)17-19-28(22-33,24-13-10-14-24)26-15-8-9-16-27(26)29(30,31)32/h5-9,11-12,15-16,24-25H,3-4,10,13-14,17-21H2,1-2H3. The molecule has 1 aliphatic rings. The summed E-state index contributed by atoms with van der Waals surface area (Å²) in [6.45, 7) is 6.18. The van der Waals surface area contributed by atoms with Crippen molar-refractivity contribution >= 4 is 0 Å². The molecule has 2 unspecified atom stereocenters. The Morgan fingerprint density at radius 3 is 2.15 bits per heavy atom. The zero-order valence-electron chi connectivity index (χ0n) is 20.5. The van der Waals surface area contributed by atoms with E-state index in [1.54, 1.807) is 12.1 Å². The summed E-state index contributed by atoms with van der Waals surface area (Å²) >= 11 is 0. The molecule has 184 valence electrons. The molecule has 1 fully saturated rings. The summed E-state index contributed by atoms with van der Waals surface area (Å²) in [5.74, 6) is -0.0116. The summed E-state index contributed by atoms with van der Waals surface area (Å²) in [6, 6.07) is 18.8. The maximum absolute atomic E-state index is 13.9. The highest BCUT2D eigenvalue weighted by atomic mass is 19.4. The number of nitriles is 1. The molecule has 5 heteroatoms. The number of alkyl halides is 3. The number of hydrogen-bond acceptors (Lipinski definition) is 2. The minimum atomic E-state index is -4.46. The van der Waals surface area contributed by atoms with Crippen LogP contribution in [0.5, 0.6) is 0 Å². The fourth-order valence-electron chi connectivity index (χ4n) is 5.51. The Hall–Kier alpha value is -2.32. The van der Waals surface area contributed by atoms with Crippen molar-refractivity contribution in [2.75, 3.05) is 13.1 Å². The van der Waals surface area contributed by atoms with E-state index in [0.29, 0.717) is 6.42 Å². The zero-order chi connectivity index (χ0) is 24.6. The van der Waals surface area contributed by atoms with Gasteiger partial charge in [-0.05, 0) is 74.6 Å². The Labute approximate surface area is 202 Å². The molecular weight excluding hydrogens is 433 g/mol. The molecule has 0 bridgehead atoms. The zero-order valence-corrected chi connectivity index (χ0v) is 20.5. The number of benzene rings is 2. The summed E-state index contributed by atoms with van der Waals surface area (Å²) in [4.78, 5) is 2.48. The first-order valence-electron chi connectivity index (χ1n) is 12.7. The molecule has 2 aromatic carbocycles. The Kier molecular flexibility index (Phi) is 9.19. The van der Waals surface area contributed by atoms with E-state index in [9.17, 15) is 18.4 Å². The van der Waals surface area contributed by atoms with E-state index in [4.69, 9.17) is 0 Å². The third kappa shape index (κ3) is 6.02. The lowest BCUT2D eigenvalue weighted by atomic mass is 9.59. The van der Waals surface area contributed by atoms with Crippen molar-refractivity contribution in [1.82, 2.24) is 4.90 Å². The highest BCUT2D eigenvalue weighted by Gasteiger charge is 2.48. The van der Waals surface area contributed by atoms with Crippen LogP contribution in [-0.4, -0.2) is 24.0 Å². The molecule has 2 nitrogen and oxygen atoms in total. The van der Waals surface area contributed by atoms with Crippen LogP contribution < -0.4 is 0 Å². The van der Waals surface area contributed by atoms with E-state index >= 15 is 0 Å². The second-order valence-corrected chi connectivity index (χ2v) is 9.63. The summed E-state index contributed by atoms with van der Waals surface area (Å²) in [5.41, 5.74) is -0.269. The second-order valence-electron chi connectivity index (χ2n) is 9.63. The Morgan fingerprint density at radius 2 is 1.62 bits per heavy atom. The predicted molar refractivity (Wildman–Crippen MR) is 131 cm³/mol. The lowest BCUT2D eigenvalue weighted by Gasteiger charge is -2.43. The van der Waals surface area contributed by atoms with Crippen molar-refractivity contribution in [2.24, 2.45) is 5.92 Å². The van der Waals surface area contributed by atoms with Crippen LogP contribution in [0.3, 0.4) is 0 Å². The first-order valence-corrected chi connectivity index (χ1v) is 12.7. The van der Waals surface area contributed by atoms with Crippen LogP contribution in [0.4, 0.5) is 13.2 Å². The molecule has 0 spiro atoms. The normalized spacial score (nSPS) is 17.1. The summed E-state index contributed by atoms with van der Waals surface area (Å²) in [5, 5.41) is 10.4. The number of halogens is 3. The van der Waals surface area contributed by atoms with Gasteiger partial charge in [-0.15, -0.1) is 0 Å². The van der Waals surface area contributed by atoms with Crippen LogP contribution in [0, 0.1) is 17.2 Å². The maximum atomic E-state index is 13.9. The van der Waals surface area contributed by atoms with Gasteiger partial charge in [0.2, 0.25) is 0 Å². The average molecular weight is 471 g/mol. The molecule has 2 atom stereocenters. The van der Waals surface area contributed by atoms with Crippen LogP contribution in [0.2, 0.25) is 0 Å². The summed E-state index contributed by atoms with van der Waals surface area (Å²) < 4.78 is 41.8. The molecule has 34 heavy (non-hydrogen) atoms. The Morgan fingerprint density at radius 1 is 0.971 bits per heavy atom. The number of nitrogens with zero attached hydrogens (tertiary/aromatic N) is 2. The molecule has 1 saturated carbocycles. The van der Waals surface area contributed by atoms with Gasteiger partial charge in [-0.3, -0.25) is 0 Å². The molecule has 0 aromatic heterocycles. The largest absolute Gasteiger partial charge is 0.416 e. The fourth-order valence-corrected chi connectivity index (χ4v) is 5.51. The summed E-state index contributed by atoms with van der Waals surface area (Å²) in [7, 11) is 0. The van der Waals surface area contributed by atoms with Crippen molar-refractivity contribution < 1.29 is 13.2 Å². The first-order chi connectivity index (χ1) is 16.4. The van der Waals surface area contributed by atoms with E-state index in [1.165, 1.54) is 11.6 Å². The van der Waals surface area contributed by atoms with E-state index in [2.05, 4.69) is 49.1 Å². The highest BCUT2D eigenvalue weighted by Crippen LogP contribution is 2.50. The van der Waals surface area contributed by atoms with Gasteiger partial charge in [0.15, 0.2) is 0 Å². The van der Waals surface area contributed by atoms with Crippen LogP contribution in [0.1, 0.15) is 75.5 Å². The number of rotatable bonds is 12. The van der Waals surface area contributed by atoms with Crippen LogP contribution in [0.15, 0.2) is 54.6 Å². The SMILES string of the molecule is CCCN(CCc1ccccc1)C(CC)CCC(C#N)(c1ccccc1C(F)(F)F)C1CCC1. The fraction of sp³-hybridized carbons (Fsp3) is 0.552. The van der Waals surface area contributed by atoms with E-state index < -0.39 is 17.2 Å². The average Bonchev–Trinajstić information content (AvgIpc) is 2.80. The van der Waals surface area contributed by atoms with Gasteiger partial charge in [0.25, 0.3) is 0 Å². The first kappa shape index (κ1) is 26.3. The maximum Gasteiger partial charge on any atom is 0.416 e. The Balaban J connectivity index is 1.84. The number of hydrogen-bond donors (Lipinski definition) is 0. The predicted octanol–water partition coefficient (Wildman–Crippen LogP) is 7.78. The lowest BCUT2D eigenvalue weighted by Crippen LogP contribution is -2.43. The third-order valence-electron chi connectivity index (χ3n) is 7.62. The Bertz CT molecular complexity index is 930. The van der Waals surface area contributed by atoms with Crippen LogP contribution >= 0.6 is 0 Å². The van der Waals surface area contributed by atoms with Gasteiger partial charge in [-0.1, -0.05) is 68.8 Å². The van der Waals surface area contributed by atoms with Crippen LogP contribution in [-0.2, 0) is 18.0 Å². The second kappa shape index (κ2) is 11.9. The van der Waals surface area contributed by atoms with Crippen LogP contribution in [0.25, 0.3) is 0 Å². The van der Waals surface area contributed by atoms with Crippen molar-refractivity contribution in [1.29, 1.82) is 5.26 Å². The van der Waals surface area contributed by atoms with Gasteiger partial charge in [0, 0.05) is 12.6 Å². The minimum Gasteiger partial charge on any atom is -0.300 e. The molecule has 1 aliphatic carbocycles. The van der Waals surface area contributed by atoms with Gasteiger partial charge in [-0.2, -0.15) is 18.4 Å². The van der Waals surface area contributed by atoms with Gasteiger partial charge >= 0.3 is 6.18 Å². The van der Waals surface area contributed by atoms with E-state index in [-0.39, 0.29) is 17.5 Å². The van der Waals surface area contributed by atoms with Gasteiger partial charge < -0.3 is 4.90 Å². The molecule has 3 rings (SSSR count). The van der Waals surface area contributed by atoms with Crippen molar-refractivity contribution in [3.63, 3.8) is 0 Å². The third-order valence-corrected chi connectivity index (χ3v) is 7.62. The van der Waals surface area contributed by atoms with Gasteiger partial charge in [-0.25, -0.2) is 0 Å². The van der Waals surface area contributed by atoms with E-state index in [1.807, 2.05) is 6.07 Å². The molecule has 0 N–H and O–H groups in total. The molecular formula is C29H37F3N2. The minimum absolute atomic E-state index is 0.0116. The molecule has 0 radical (unpaired) electrons. The van der Waals surface area contributed by atoms with Gasteiger partial charge in [0.1, 0.15) is 0 Å². The van der Waals surface area contributed by atoms with Crippen molar-refractivity contribution in [3.05, 3.63) is 71.3 Å². The highest BCUT2D eigenvalue weighted by molar-refractivity contribution is 5.42. The molecule has 0 aliphatic heterocycles. The quantitative estimate of drug-likeness (QED) is 0.317. The molecule has 2 aromatic rings. The monoisotopic (exact) mass is 470 g/mol. The topological polar surface area (TPSA) is 27.0 Å². The van der Waals surface area contributed by atoms with Crippen molar-refractivity contribution in [2.45, 2.75) is 82.8 Å². The molecule has 0 saturated heterocycles.